The van der Waals surface area contributed by atoms with Gasteiger partial charge in [-0.2, -0.15) is 0 Å². The number of likely N-dealkylation sites (tertiary alicyclic amines) is 1. The Hall–Kier alpha value is -10.3. The van der Waals surface area contributed by atoms with Crippen LogP contribution < -0.4 is 9.47 Å². The summed E-state index contributed by atoms with van der Waals surface area (Å²) in [5.74, 6) is 1.64. The van der Waals surface area contributed by atoms with Crippen LogP contribution in [0.15, 0.2) is 78.9 Å². The van der Waals surface area contributed by atoms with Crippen LogP contribution in [0.5, 0.6) is 11.5 Å². The maximum atomic E-state index is 7.23. The quantitative estimate of drug-likeness (QED) is 0.149. The average Bonchev–Trinajstić information content (AvgIpc) is 1.38. The van der Waals surface area contributed by atoms with Crippen LogP contribution in [0.1, 0.15) is 45.0 Å². The molecule has 1 saturated heterocycles. The number of hydrogen-bond acceptors (Lipinski definition) is 3. The van der Waals surface area contributed by atoms with Gasteiger partial charge in [-0.15, -0.1) is 0 Å². The Morgan fingerprint density at radius 3 is 0.814 bits per heavy atom. The molecule has 0 amide bonds. The molecule has 36 rings (SSSR count). The standard InChI is InChI=1S/C83H23NO2/c1-84-17-82-77-69-61-51-41-33-25-23-24-27-31-29(25)37-45-39(31)49-43-35(27)36-28(24)32-30-26(23)34(33)42-48-38(30)46-40(32)50-44(36)54-53(43)65-59(49)67-57(45)63(55(61)47(37)41)71(77)73(67)79-75(65)76-66(54)60(50)68-58(46)64-56(48)62(52(42)51)70(69)78(82)72(64)74(68)80(76)83(79,82)81(84)20-12-13-21(85-15-18-8-4-2-5-9-18)22(14-20)86-16-19-10-6-3-7-11-19/h2-14,81H,15-17H2,1H3. The molecule has 86 heavy (non-hydrogen) atoms. The van der Waals surface area contributed by atoms with Gasteiger partial charge in [-0.1, -0.05) is 66.7 Å². The third kappa shape index (κ3) is 2.20. The van der Waals surface area contributed by atoms with Crippen LogP contribution in [0.2, 0.25) is 0 Å². The molecule has 0 N–H and O–H groups in total. The molecular formula is C83H23NO2. The van der Waals surface area contributed by atoms with Crippen LogP contribution in [-0.2, 0) is 24.0 Å². The monoisotopic (exact) mass is 1070 g/mol. The van der Waals surface area contributed by atoms with Crippen LogP contribution in [0.4, 0.5) is 0 Å². The van der Waals surface area contributed by atoms with E-state index in [4.69, 9.17) is 9.47 Å². The first-order valence-electron chi connectivity index (χ1n) is 31.7. The molecular weight excluding hydrogens is 1040 g/mol. The van der Waals surface area contributed by atoms with Crippen molar-refractivity contribution >= 4 is 291 Å². The highest BCUT2D eigenvalue weighted by molar-refractivity contribution is 6.82. The molecule has 5 aliphatic rings. The molecule has 0 bridgehead atoms. The fourth-order valence-electron chi connectivity index (χ4n) is 28.0. The third-order valence-corrected chi connectivity index (χ3v) is 28.7. The lowest BCUT2D eigenvalue weighted by Gasteiger charge is -2.52. The van der Waals surface area contributed by atoms with E-state index in [2.05, 4.69) is 90.8 Å². The number of likely N-dealkylation sites (N-methyl/N-ethyl adjacent to an activating group) is 1. The molecule has 31 aromatic rings. The Balaban J connectivity index is 0.897. The molecule has 372 valence electrons. The van der Waals surface area contributed by atoms with Crippen molar-refractivity contribution in [2.75, 3.05) is 13.6 Å². The van der Waals surface area contributed by atoms with E-state index in [1.807, 2.05) is 0 Å². The lowest BCUT2D eigenvalue weighted by atomic mass is 9.47. The Morgan fingerprint density at radius 1 is 0.291 bits per heavy atom. The van der Waals surface area contributed by atoms with Gasteiger partial charge >= 0.3 is 0 Å². The molecule has 0 radical (unpaired) electrons. The highest BCUT2D eigenvalue weighted by atomic mass is 16.5. The Morgan fingerprint density at radius 2 is 0.535 bits per heavy atom. The molecule has 4 aliphatic carbocycles. The van der Waals surface area contributed by atoms with Gasteiger partial charge in [0, 0.05) is 12.6 Å². The van der Waals surface area contributed by atoms with Crippen molar-refractivity contribution in [3.8, 4) is 11.5 Å². The zero-order valence-corrected chi connectivity index (χ0v) is 45.0. The van der Waals surface area contributed by atoms with Gasteiger partial charge < -0.3 is 9.47 Å². The summed E-state index contributed by atoms with van der Waals surface area (Å²) in [5, 5.41) is 88.7. The van der Waals surface area contributed by atoms with Gasteiger partial charge in [-0.05, 0) is 349 Å². The van der Waals surface area contributed by atoms with Crippen LogP contribution in [-0.4, -0.2) is 18.5 Å². The summed E-state index contributed by atoms with van der Waals surface area (Å²) < 4.78 is 14.2. The highest BCUT2D eigenvalue weighted by Gasteiger charge is 2.76. The highest BCUT2D eigenvalue weighted by Crippen LogP contribution is 2.87. The predicted molar refractivity (Wildman–Crippen MR) is 357 cm³/mol. The van der Waals surface area contributed by atoms with Crippen molar-refractivity contribution in [3.63, 3.8) is 0 Å². The number of benzene rings is 21. The van der Waals surface area contributed by atoms with Gasteiger partial charge in [-0.25, -0.2) is 0 Å². The summed E-state index contributed by atoms with van der Waals surface area (Å²) in [4.78, 5) is 2.92. The van der Waals surface area contributed by atoms with Crippen molar-refractivity contribution in [1.29, 1.82) is 0 Å². The van der Waals surface area contributed by atoms with E-state index in [1.165, 1.54) is 5.56 Å². The summed E-state index contributed by atoms with van der Waals surface area (Å²) in [5.41, 5.74) is 9.69. The van der Waals surface area contributed by atoms with Crippen LogP contribution in [0.25, 0.3) is 291 Å². The van der Waals surface area contributed by atoms with E-state index in [0.717, 1.165) is 29.2 Å². The van der Waals surface area contributed by atoms with E-state index in [9.17, 15) is 0 Å². The Bertz CT molecular complexity index is 8120. The molecule has 1 atom stereocenters. The second-order valence-electron chi connectivity index (χ2n) is 30.0. The van der Waals surface area contributed by atoms with E-state index in [0.29, 0.717) is 13.2 Å². The molecule has 1 unspecified atom stereocenters. The van der Waals surface area contributed by atoms with Gasteiger partial charge in [-0.3, -0.25) is 4.90 Å². The fraction of sp³-hybridized carbons (Fsp3) is 0.0843. The zero-order valence-electron chi connectivity index (χ0n) is 45.0. The van der Waals surface area contributed by atoms with E-state index >= 15 is 0 Å². The molecule has 1 heterocycles. The first kappa shape index (κ1) is 35.1. The summed E-state index contributed by atoms with van der Waals surface area (Å²) >= 11 is 0. The van der Waals surface area contributed by atoms with Crippen molar-refractivity contribution in [2.24, 2.45) is 0 Å². The van der Waals surface area contributed by atoms with Crippen LogP contribution in [0.3, 0.4) is 0 Å². The van der Waals surface area contributed by atoms with Gasteiger partial charge in [0.2, 0.25) is 0 Å². The maximum Gasteiger partial charge on any atom is 0.162 e. The maximum absolute atomic E-state index is 7.23. The topological polar surface area (TPSA) is 21.7 Å². The molecule has 0 saturated carbocycles. The van der Waals surface area contributed by atoms with E-state index in [-0.39, 0.29) is 11.5 Å². The number of nitrogens with zero attached hydrogens (tertiary/aromatic N) is 1. The fourth-order valence-corrected chi connectivity index (χ4v) is 28.0. The SMILES string of the molecule is CN1CC23c4c5c6c7c8c9c(c%10c%11c2c2c4c4c%12c5c5c6c6c8c8c%13c9c9c%10c%10c%11c%11c2c2c4c4c%12c%12c5c5c6c8c6c8c%13c9c9c%10c%10c%11c2c2c4c4c%12c5c6c5c8c9c%10c2c45)C73C1c1ccc(OCc2ccccc2)c(OCc2ccccc2)c1. The Labute approximate surface area is 475 Å². The average molecular weight is 1070 g/mol. The summed E-state index contributed by atoms with van der Waals surface area (Å²) in [7, 11) is 2.56. The van der Waals surface area contributed by atoms with Crippen molar-refractivity contribution in [3.05, 3.63) is 118 Å². The first-order valence-corrected chi connectivity index (χ1v) is 31.7. The summed E-state index contributed by atoms with van der Waals surface area (Å²) in [6, 6.07) is 28.7. The molecule has 3 nitrogen and oxygen atoms in total. The van der Waals surface area contributed by atoms with Crippen LogP contribution >= 0.6 is 0 Å². The molecule has 3 heteroatoms. The Kier molecular flexibility index (Phi) is 3.59. The van der Waals surface area contributed by atoms with E-state index < -0.39 is 5.41 Å². The van der Waals surface area contributed by atoms with E-state index in [1.54, 1.807) is 313 Å². The second-order valence-corrected chi connectivity index (χ2v) is 30.0. The predicted octanol–water partition coefficient (Wildman–Crippen LogP) is 21.1. The molecule has 31 aromatic carbocycles. The first-order chi connectivity index (χ1) is 42.8. The molecule has 1 fully saturated rings. The minimum Gasteiger partial charge on any atom is -0.485 e. The minimum atomic E-state index is -0.462. The third-order valence-electron chi connectivity index (χ3n) is 28.7. The normalized spacial score (nSPS) is 21.5. The van der Waals surface area contributed by atoms with Gasteiger partial charge in [0.05, 0.1) is 10.8 Å². The summed E-state index contributed by atoms with van der Waals surface area (Å²) in [6.07, 6.45) is 0. The number of hydrogen-bond donors (Lipinski definition) is 0. The number of rotatable bonds is 7. The minimum absolute atomic E-state index is 0.0134. The van der Waals surface area contributed by atoms with Crippen molar-refractivity contribution in [1.82, 2.24) is 4.90 Å². The largest absolute Gasteiger partial charge is 0.485 e. The van der Waals surface area contributed by atoms with Gasteiger partial charge in [0.25, 0.3) is 0 Å². The molecule has 1 aliphatic heterocycles. The van der Waals surface area contributed by atoms with Gasteiger partial charge in [0.1, 0.15) is 13.2 Å². The van der Waals surface area contributed by atoms with Crippen LogP contribution in [0, 0.1) is 0 Å². The van der Waals surface area contributed by atoms with Crippen molar-refractivity contribution in [2.45, 2.75) is 30.1 Å². The smallest absolute Gasteiger partial charge is 0.162 e. The summed E-state index contributed by atoms with van der Waals surface area (Å²) in [6.45, 7) is 1.90. The zero-order chi connectivity index (χ0) is 52.3. The lowest BCUT2D eigenvalue weighted by Crippen LogP contribution is -2.51. The lowest BCUT2D eigenvalue weighted by molar-refractivity contribution is 0.250. The molecule has 0 aromatic heterocycles. The number of ether oxygens (including phenoxy) is 2. The second kappa shape index (κ2) is 8.80. The molecule has 2 spiro atoms. The van der Waals surface area contributed by atoms with Crippen molar-refractivity contribution < 1.29 is 9.47 Å². The van der Waals surface area contributed by atoms with Gasteiger partial charge in [0.15, 0.2) is 11.5 Å².